The third-order valence-corrected chi connectivity index (χ3v) is 3.59. The van der Waals surface area contributed by atoms with Crippen molar-refractivity contribution in [1.82, 2.24) is 5.32 Å². The molecular formula is C20H24N4O4. The zero-order valence-corrected chi connectivity index (χ0v) is 16.3. The first-order chi connectivity index (χ1) is 13.3. The molecule has 0 aliphatic heterocycles. The fraction of sp³-hybridized carbons (Fsp3) is 0.250. The molecule has 2 rings (SSSR count). The molecule has 0 saturated carbocycles. The molecule has 0 aromatic heterocycles. The molecule has 8 heteroatoms. The maximum absolute atomic E-state index is 12.5. The maximum atomic E-state index is 12.5. The lowest BCUT2D eigenvalue weighted by atomic mass is 10.2. The molecule has 28 heavy (non-hydrogen) atoms. The highest BCUT2D eigenvalue weighted by Gasteiger charge is 2.10. The van der Waals surface area contributed by atoms with Gasteiger partial charge < -0.3 is 26.0 Å². The number of anilines is 3. The minimum Gasteiger partial charge on any atom is -0.495 e. The van der Waals surface area contributed by atoms with Gasteiger partial charge in [0, 0.05) is 29.9 Å². The van der Waals surface area contributed by atoms with Gasteiger partial charge in [0.05, 0.1) is 12.8 Å². The SMILES string of the molecule is COc1ccc(NC(=O)c2ccc(NC(=O)NC(C)C)cc2)cc1NC(C)=O. The van der Waals surface area contributed by atoms with Crippen molar-refractivity contribution in [1.29, 1.82) is 0 Å². The molecule has 2 aromatic rings. The molecular weight excluding hydrogens is 360 g/mol. The van der Waals surface area contributed by atoms with Crippen LogP contribution in [0.5, 0.6) is 5.75 Å². The van der Waals surface area contributed by atoms with Gasteiger partial charge in [0.1, 0.15) is 5.75 Å². The molecule has 0 aliphatic carbocycles. The van der Waals surface area contributed by atoms with E-state index in [4.69, 9.17) is 4.74 Å². The van der Waals surface area contributed by atoms with Crippen LogP contribution >= 0.6 is 0 Å². The molecule has 4 amide bonds. The van der Waals surface area contributed by atoms with Crippen LogP contribution in [0.25, 0.3) is 0 Å². The van der Waals surface area contributed by atoms with E-state index in [2.05, 4.69) is 21.3 Å². The third-order valence-electron chi connectivity index (χ3n) is 3.59. The number of ether oxygens (including phenoxy) is 1. The number of carbonyl (C=O) groups is 3. The van der Waals surface area contributed by atoms with Gasteiger partial charge in [-0.25, -0.2) is 4.79 Å². The zero-order valence-electron chi connectivity index (χ0n) is 16.3. The monoisotopic (exact) mass is 384 g/mol. The Morgan fingerprint density at radius 3 is 2.11 bits per heavy atom. The average Bonchev–Trinajstić information content (AvgIpc) is 2.61. The van der Waals surface area contributed by atoms with Crippen molar-refractivity contribution in [2.75, 3.05) is 23.1 Å². The summed E-state index contributed by atoms with van der Waals surface area (Å²) in [7, 11) is 1.50. The molecule has 2 aromatic carbocycles. The molecule has 0 bridgehead atoms. The number of hydrogen-bond acceptors (Lipinski definition) is 4. The molecule has 0 spiro atoms. The highest BCUT2D eigenvalue weighted by atomic mass is 16.5. The molecule has 8 nitrogen and oxygen atoms in total. The Labute approximate surface area is 163 Å². The van der Waals surface area contributed by atoms with Crippen LogP contribution in [0.1, 0.15) is 31.1 Å². The van der Waals surface area contributed by atoms with Gasteiger partial charge in [-0.15, -0.1) is 0 Å². The molecule has 0 atom stereocenters. The number of carbonyl (C=O) groups excluding carboxylic acids is 3. The van der Waals surface area contributed by atoms with Crippen molar-refractivity contribution in [3.05, 3.63) is 48.0 Å². The van der Waals surface area contributed by atoms with Crippen LogP contribution < -0.4 is 26.0 Å². The van der Waals surface area contributed by atoms with Gasteiger partial charge in [-0.3, -0.25) is 9.59 Å². The Morgan fingerprint density at radius 1 is 0.893 bits per heavy atom. The van der Waals surface area contributed by atoms with Crippen molar-refractivity contribution in [3.63, 3.8) is 0 Å². The Morgan fingerprint density at radius 2 is 1.54 bits per heavy atom. The molecule has 0 aliphatic rings. The summed E-state index contributed by atoms with van der Waals surface area (Å²) in [4.78, 5) is 35.5. The van der Waals surface area contributed by atoms with E-state index in [9.17, 15) is 14.4 Å². The summed E-state index contributed by atoms with van der Waals surface area (Å²) < 4.78 is 5.19. The van der Waals surface area contributed by atoms with E-state index in [1.165, 1.54) is 14.0 Å². The first-order valence-electron chi connectivity index (χ1n) is 8.73. The number of hydrogen-bond donors (Lipinski definition) is 4. The van der Waals surface area contributed by atoms with Gasteiger partial charge >= 0.3 is 6.03 Å². The lowest BCUT2D eigenvalue weighted by Crippen LogP contribution is -2.34. The first-order valence-corrected chi connectivity index (χ1v) is 8.73. The van der Waals surface area contributed by atoms with Gasteiger partial charge in [-0.2, -0.15) is 0 Å². The predicted octanol–water partition coefficient (Wildman–Crippen LogP) is 3.44. The topological polar surface area (TPSA) is 109 Å². The normalized spacial score (nSPS) is 10.2. The highest BCUT2D eigenvalue weighted by molar-refractivity contribution is 6.05. The van der Waals surface area contributed by atoms with E-state index >= 15 is 0 Å². The van der Waals surface area contributed by atoms with E-state index in [1.807, 2.05) is 13.8 Å². The van der Waals surface area contributed by atoms with Gasteiger partial charge in [-0.05, 0) is 56.3 Å². The Bertz CT molecular complexity index is 863. The standard InChI is InChI=1S/C20H24N4O4/c1-12(2)21-20(27)24-15-7-5-14(6-8-15)19(26)23-16-9-10-18(28-4)17(11-16)22-13(3)25/h5-12H,1-4H3,(H,22,25)(H,23,26)(H2,21,24,27). The van der Waals surface area contributed by atoms with Gasteiger partial charge in [0.15, 0.2) is 0 Å². The Kier molecular flexibility index (Phi) is 6.97. The lowest BCUT2D eigenvalue weighted by Gasteiger charge is -2.12. The van der Waals surface area contributed by atoms with Crippen molar-refractivity contribution >= 4 is 34.9 Å². The number of rotatable bonds is 6. The van der Waals surface area contributed by atoms with Crippen LogP contribution in [0, 0.1) is 0 Å². The van der Waals surface area contributed by atoms with Crippen LogP contribution in [0.4, 0.5) is 21.9 Å². The number of benzene rings is 2. The molecule has 0 heterocycles. The zero-order chi connectivity index (χ0) is 20.7. The minimum atomic E-state index is -0.322. The quantitative estimate of drug-likeness (QED) is 0.612. The van der Waals surface area contributed by atoms with E-state index in [1.54, 1.807) is 42.5 Å². The lowest BCUT2D eigenvalue weighted by molar-refractivity contribution is -0.114. The molecule has 4 N–H and O–H groups in total. The van der Waals surface area contributed by atoms with Crippen molar-refractivity contribution in [2.24, 2.45) is 0 Å². The fourth-order valence-corrected chi connectivity index (χ4v) is 2.41. The molecule has 0 fully saturated rings. The smallest absolute Gasteiger partial charge is 0.319 e. The van der Waals surface area contributed by atoms with E-state index in [0.29, 0.717) is 28.4 Å². The number of amides is 4. The summed E-state index contributed by atoms with van der Waals surface area (Å²) in [5.74, 6) is -0.0770. The van der Waals surface area contributed by atoms with Gasteiger partial charge in [-0.1, -0.05) is 0 Å². The molecule has 0 unspecified atom stereocenters. The predicted molar refractivity (Wildman–Crippen MR) is 109 cm³/mol. The number of methoxy groups -OCH3 is 1. The highest BCUT2D eigenvalue weighted by Crippen LogP contribution is 2.28. The second kappa shape index (κ2) is 9.40. The largest absolute Gasteiger partial charge is 0.495 e. The fourth-order valence-electron chi connectivity index (χ4n) is 2.41. The van der Waals surface area contributed by atoms with Crippen LogP contribution in [-0.4, -0.2) is 31.0 Å². The Hall–Kier alpha value is -3.55. The first kappa shape index (κ1) is 20.8. The van der Waals surface area contributed by atoms with Crippen LogP contribution in [-0.2, 0) is 4.79 Å². The Balaban J connectivity index is 2.06. The van der Waals surface area contributed by atoms with Crippen LogP contribution in [0.3, 0.4) is 0 Å². The summed E-state index contributed by atoms with van der Waals surface area (Å²) in [6.07, 6.45) is 0. The van der Waals surface area contributed by atoms with Crippen LogP contribution in [0.2, 0.25) is 0 Å². The number of nitrogens with one attached hydrogen (secondary N) is 4. The minimum absolute atomic E-state index is 0.0249. The second-order valence-electron chi connectivity index (χ2n) is 6.38. The summed E-state index contributed by atoms with van der Waals surface area (Å²) in [6.45, 7) is 5.12. The summed E-state index contributed by atoms with van der Waals surface area (Å²) >= 11 is 0. The second-order valence-corrected chi connectivity index (χ2v) is 6.38. The molecule has 0 saturated heterocycles. The summed E-state index contributed by atoms with van der Waals surface area (Å²) in [5.41, 5.74) is 1.97. The van der Waals surface area contributed by atoms with E-state index in [-0.39, 0.29) is 23.9 Å². The average molecular weight is 384 g/mol. The van der Waals surface area contributed by atoms with Crippen molar-refractivity contribution in [3.8, 4) is 5.75 Å². The van der Waals surface area contributed by atoms with Gasteiger partial charge in [0.25, 0.3) is 5.91 Å². The molecule has 148 valence electrons. The summed E-state index contributed by atoms with van der Waals surface area (Å²) in [6, 6.07) is 11.2. The van der Waals surface area contributed by atoms with Crippen molar-refractivity contribution < 1.29 is 19.1 Å². The number of urea groups is 1. The van der Waals surface area contributed by atoms with Crippen molar-refractivity contribution in [2.45, 2.75) is 26.8 Å². The van der Waals surface area contributed by atoms with E-state index < -0.39 is 0 Å². The molecule has 0 radical (unpaired) electrons. The summed E-state index contributed by atoms with van der Waals surface area (Å²) in [5, 5.41) is 10.8. The van der Waals surface area contributed by atoms with Gasteiger partial charge in [0.2, 0.25) is 5.91 Å². The third kappa shape index (κ3) is 6.01. The maximum Gasteiger partial charge on any atom is 0.319 e. The van der Waals surface area contributed by atoms with Crippen LogP contribution in [0.15, 0.2) is 42.5 Å². The van der Waals surface area contributed by atoms with E-state index in [0.717, 1.165) is 0 Å².